The molecule has 0 saturated carbocycles. The van der Waals surface area contributed by atoms with Crippen LogP contribution in [0.25, 0.3) is 0 Å². The molecule has 0 spiro atoms. The van der Waals surface area contributed by atoms with Gasteiger partial charge in [-0.1, -0.05) is 54.6 Å². The summed E-state index contributed by atoms with van der Waals surface area (Å²) in [6.07, 6.45) is 0. The van der Waals surface area contributed by atoms with E-state index in [1.807, 2.05) is 48.5 Å². The van der Waals surface area contributed by atoms with Gasteiger partial charge in [-0.05, 0) is 41.0 Å². The summed E-state index contributed by atoms with van der Waals surface area (Å²) in [4.78, 5) is 24.5. The van der Waals surface area contributed by atoms with Gasteiger partial charge in [0.25, 0.3) is 5.91 Å². The van der Waals surface area contributed by atoms with Crippen molar-refractivity contribution in [3.63, 3.8) is 0 Å². The van der Waals surface area contributed by atoms with Gasteiger partial charge in [0.15, 0.2) is 0 Å². The number of hydrogen-bond donors (Lipinski definition) is 3. The number of anilines is 1. The molecule has 3 aromatic carbocycles. The Morgan fingerprint density at radius 2 is 1.63 bits per heavy atom. The van der Waals surface area contributed by atoms with E-state index in [-0.39, 0.29) is 11.8 Å². The summed E-state index contributed by atoms with van der Waals surface area (Å²) in [7, 11) is 0. The lowest BCUT2D eigenvalue weighted by atomic mass is 10.1. The summed E-state index contributed by atoms with van der Waals surface area (Å²) in [5.74, 6) is 0.0489. The predicted molar refractivity (Wildman–Crippen MR) is 117 cm³/mol. The molecule has 0 fully saturated rings. The number of hydrogen-bond acceptors (Lipinski definition) is 4. The van der Waals surface area contributed by atoms with E-state index in [1.54, 1.807) is 30.3 Å². The summed E-state index contributed by atoms with van der Waals surface area (Å²) < 4.78 is 5.79. The normalized spacial score (nSPS) is 11.4. The SMILES string of the molecule is CC(=O)N[C@@H](C(=O)Nc1cccc(CN)c1)c1ccc(OCc2ccccc2)cc1. The molecule has 0 aliphatic heterocycles. The van der Waals surface area contributed by atoms with Gasteiger partial charge in [0.2, 0.25) is 5.91 Å². The number of amides is 2. The Kier molecular flexibility index (Phi) is 7.19. The molecule has 0 saturated heterocycles. The molecule has 3 aromatic rings. The fourth-order valence-electron chi connectivity index (χ4n) is 2.99. The van der Waals surface area contributed by atoms with Crippen molar-refractivity contribution in [2.24, 2.45) is 5.73 Å². The van der Waals surface area contributed by atoms with Gasteiger partial charge in [-0.25, -0.2) is 0 Å². The quantitative estimate of drug-likeness (QED) is 0.536. The van der Waals surface area contributed by atoms with Crippen LogP contribution in [0.2, 0.25) is 0 Å². The molecule has 0 radical (unpaired) electrons. The zero-order valence-electron chi connectivity index (χ0n) is 16.8. The minimum absolute atomic E-state index is 0.296. The summed E-state index contributed by atoms with van der Waals surface area (Å²) in [6, 6.07) is 23.5. The highest BCUT2D eigenvalue weighted by atomic mass is 16.5. The summed E-state index contributed by atoms with van der Waals surface area (Å²) in [5.41, 5.74) is 8.92. The molecule has 154 valence electrons. The van der Waals surface area contributed by atoms with Crippen LogP contribution in [-0.4, -0.2) is 11.8 Å². The second kappa shape index (κ2) is 10.2. The first kappa shape index (κ1) is 21.1. The highest BCUT2D eigenvalue weighted by Gasteiger charge is 2.22. The summed E-state index contributed by atoms with van der Waals surface area (Å²) in [6.45, 7) is 2.21. The number of carbonyl (C=O) groups is 2. The molecule has 0 heterocycles. The second-order valence-corrected chi connectivity index (χ2v) is 6.87. The van der Waals surface area contributed by atoms with Crippen LogP contribution in [0.1, 0.15) is 29.7 Å². The van der Waals surface area contributed by atoms with E-state index in [4.69, 9.17) is 10.5 Å². The van der Waals surface area contributed by atoms with Crippen molar-refractivity contribution in [1.82, 2.24) is 5.32 Å². The molecule has 0 unspecified atom stereocenters. The van der Waals surface area contributed by atoms with Crippen molar-refractivity contribution in [1.29, 1.82) is 0 Å². The fourth-order valence-corrected chi connectivity index (χ4v) is 2.99. The van der Waals surface area contributed by atoms with E-state index in [0.29, 0.717) is 30.2 Å². The van der Waals surface area contributed by atoms with Crippen LogP contribution < -0.4 is 21.1 Å². The van der Waals surface area contributed by atoms with Crippen molar-refractivity contribution in [2.75, 3.05) is 5.32 Å². The van der Waals surface area contributed by atoms with E-state index in [9.17, 15) is 9.59 Å². The first-order valence-electron chi connectivity index (χ1n) is 9.69. The van der Waals surface area contributed by atoms with Crippen molar-refractivity contribution < 1.29 is 14.3 Å². The standard InChI is InChI=1S/C24H25N3O3/c1-17(28)26-23(24(29)27-21-9-5-8-19(14-21)15-25)20-10-12-22(13-11-20)30-16-18-6-3-2-4-7-18/h2-14,23H,15-16,25H2,1H3,(H,26,28)(H,27,29)/t23-/m1/s1. The molecule has 0 aromatic heterocycles. The third-order valence-corrected chi connectivity index (χ3v) is 4.50. The van der Waals surface area contributed by atoms with Gasteiger partial charge in [-0.15, -0.1) is 0 Å². The van der Waals surface area contributed by atoms with Crippen LogP contribution in [0.3, 0.4) is 0 Å². The van der Waals surface area contributed by atoms with E-state index < -0.39 is 6.04 Å². The van der Waals surface area contributed by atoms with E-state index in [1.165, 1.54) is 6.92 Å². The lowest BCUT2D eigenvalue weighted by Crippen LogP contribution is -2.35. The monoisotopic (exact) mass is 403 g/mol. The maximum atomic E-state index is 12.9. The van der Waals surface area contributed by atoms with Crippen molar-refractivity contribution in [3.8, 4) is 5.75 Å². The average Bonchev–Trinajstić information content (AvgIpc) is 2.77. The molecule has 6 nitrogen and oxygen atoms in total. The van der Waals surface area contributed by atoms with Crippen LogP contribution in [-0.2, 0) is 22.7 Å². The number of nitrogens with one attached hydrogen (secondary N) is 2. The molecule has 0 aliphatic carbocycles. The molecule has 0 bridgehead atoms. The second-order valence-electron chi connectivity index (χ2n) is 6.87. The molecule has 2 amide bonds. The van der Waals surface area contributed by atoms with Gasteiger partial charge in [0.1, 0.15) is 18.4 Å². The lowest BCUT2D eigenvalue weighted by molar-refractivity contribution is -0.125. The minimum atomic E-state index is -0.827. The van der Waals surface area contributed by atoms with Crippen LogP contribution in [0.4, 0.5) is 5.69 Å². The average molecular weight is 403 g/mol. The number of rotatable bonds is 8. The Morgan fingerprint density at radius 3 is 2.30 bits per heavy atom. The molecule has 0 aliphatic rings. The number of carbonyl (C=O) groups excluding carboxylic acids is 2. The van der Waals surface area contributed by atoms with Crippen molar-refractivity contribution in [3.05, 3.63) is 95.6 Å². The Morgan fingerprint density at radius 1 is 0.933 bits per heavy atom. The number of nitrogens with two attached hydrogens (primary N) is 1. The predicted octanol–water partition coefficient (Wildman–Crippen LogP) is 3.54. The van der Waals surface area contributed by atoms with Gasteiger partial charge in [0, 0.05) is 19.2 Å². The van der Waals surface area contributed by atoms with Crippen LogP contribution in [0, 0.1) is 0 Å². The molecule has 3 rings (SSSR count). The van der Waals surface area contributed by atoms with Gasteiger partial charge in [-0.3, -0.25) is 9.59 Å². The maximum absolute atomic E-state index is 12.9. The van der Waals surface area contributed by atoms with Crippen molar-refractivity contribution in [2.45, 2.75) is 26.1 Å². The molecule has 30 heavy (non-hydrogen) atoms. The maximum Gasteiger partial charge on any atom is 0.251 e. The topological polar surface area (TPSA) is 93.5 Å². The first-order valence-corrected chi connectivity index (χ1v) is 9.69. The Hall–Kier alpha value is -3.64. The molecule has 4 N–H and O–H groups in total. The zero-order chi connectivity index (χ0) is 21.3. The Labute approximate surface area is 176 Å². The molecule has 1 atom stereocenters. The largest absolute Gasteiger partial charge is 0.489 e. The van der Waals surface area contributed by atoms with Gasteiger partial charge in [-0.2, -0.15) is 0 Å². The smallest absolute Gasteiger partial charge is 0.251 e. The summed E-state index contributed by atoms with van der Waals surface area (Å²) in [5, 5.41) is 5.55. The van der Waals surface area contributed by atoms with Crippen LogP contribution in [0.5, 0.6) is 5.75 Å². The number of ether oxygens (including phenoxy) is 1. The number of benzene rings is 3. The van der Waals surface area contributed by atoms with Crippen LogP contribution in [0.15, 0.2) is 78.9 Å². The lowest BCUT2D eigenvalue weighted by Gasteiger charge is -2.19. The van der Waals surface area contributed by atoms with E-state index >= 15 is 0 Å². The highest BCUT2D eigenvalue weighted by Crippen LogP contribution is 2.21. The first-order chi connectivity index (χ1) is 14.5. The zero-order valence-corrected chi connectivity index (χ0v) is 16.8. The van der Waals surface area contributed by atoms with E-state index in [2.05, 4.69) is 10.6 Å². The molecular weight excluding hydrogens is 378 g/mol. The van der Waals surface area contributed by atoms with Gasteiger partial charge < -0.3 is 21.1 Å². The highest BCUT2D eigenvalue weighted by molar-refractivity contribution is 5.97. The fraction of sp³-hybridized carbons (Fsp3) is 0.167. The molecular formula is C24H25N3O3. The van der Waals surface area contributed by atoms with Gasteiger partial charge in [0.05, 0.1) is 0 Å². The Balaban J connectivity index is 1.70. The molecule has 6 heteroatoms. The van der Waals surface area contributed by atoms with Gasteiger partial charge >= 0.3 is 0 Å². The minimum Gasteiger partial charge on any atom is -0.489 e. The Bertz CT molecular complexity index is 988. The third-order valence-electron chi connectivity index (χ3n) is 4.50. The van der Waals surface area contributed by atoms with Crippen molar-refractivity contribution >= 4 is 17.5 Å². The third kappa shape index (κ3) is 5.93. The summed E-state index contributed by atoms with van der Waals surface area (Å²) >= 11 is 0. The van der Waals surface area contributed by atoms with Crippen LogP contribution >= 0.6 is 0 Å². The van der Waals surface area contributed by atoms with E-state index in [0.717, 1.165) is 11.1 Å².